The SMILES string of the molecule is CCn1c(SCc2nc3c(C)cccc3c(=O)[nH]2)nnc1-c1ccccc1. The van der Waals surface area contributed by atoms with Gasteiger partial charge in [-0.2, -0.15) is 0 Å². The smallest absolute Gasteiger partial charge is 0.258 e. The lowest BCUT2D eigenvalue weighted by Crippen LogP contribution is -2.12. The first-order valence-electron chi connectivity index (χ1n) is 8.77. The van der Waals surface area contributed by atoms with Crippen molar-refractivity contribution in [2.45, 2.75) is 31.3 Å². The Labute approximate surface area is 160 Å². The van der Waals surface area contributed by atoms with Gasteiger partial charge in [0.1, 0.15) is 5.82 Å². The fourth-order valence-corrected chi connectivity index (χ4v) is 3.91. The van der Waals surface area contributed by atoms with E-state index in [4.69, 9.17) is 0 Å². The molecule has 0 spiro atoms. The van der Waals surface area contributed by atoms with Gasteiger partial charge in [-0.1, -0.05) is 54.2 Å². The van der Waals surface area contributed by atoms with Crippen LogP contribution in [0.3, 0.4) is 0 Å². The minimum Gasteiger partial charge on any atom is -0.309 e. The van der Waals surface area contributed by atoms with Crippen molar-refractivity contribution in [1.29, 1.82) is 0 Å². The van der Waals surface area contributed by atoms with Gasteiger partial charge in [0.15, 0.2) is 11.0 Å². The highest BCUT2D eigenvalue weighted by Gasteiger charge is 2.14. The number of benzene rings is 2. The van der Waals surface area contributed by atoms with Crippen molar-refractivity contribution in [2.75, 3.05) is 0 Å². The summed E-state index contributed by atoms with van der Waals surface area (Å²) in [5, 5.41) is 10.1. The van der Waals surface area contributed by atoms with Crippen LogP contribution in [0.2, 0.25) is 0 Å². The van der Waals surface area contributed by atoms with Gasteiger partial charge in [-0.05, 0) is 25.5 Å². The third-order valence-corrected chi connectivity index (χ3v) is 5.37. The van der Waals surface area contributed by atoms with Crippen molar-refractivity contribution in [3.63, 3.8) is 0 Å². The summed E-state index contributed by atoms with van der Waals surface area (Å²) in [6, 6.07) is 15.6. The van der Waals surface area contributed by atoms with Gasteiger partial charge < -0.3 is 9.55 Å². The molecule has 4 rings (SSSR count). The molecule has 2 heterocycles. The zero-order valence-corrected chi connectivity index (χ0v) is 16.0. The van der Waals surface area contributed by atoms with E-state index in [1.165, 1.54) is 11.8 Å². The van der Waals surface area contributed by atoms with Crippen molar-refractivity contribution >= 4 is 22.7 Å². The van der Waals surface area contributed by atoms with Gasteiger partial charge in [0, 0.05) is 12.1 Å². The van der Waals surface area contributed by atoms with Gasteiger partial charge in [0.25, 0.3) is 5.56 Å². The number of nitrogens with zero attached hydrogens (tertiary/aromatic N) is 4. The molecule has 0 aliphatic carbocycles. The zero-order chi connectivity index (χ0) is 18.8. The molecular weight excluding hydrogens is 358 g/mol. The average Bonchev–Trinajstić information content (AvgIpc) is 3.11. The normalized spacial score (nSPS) is 11.2. The molecule has 0 atom stereocenters. The number of rotatable bonds is 5. The second-order valence-corrected chi connectivity index (χ2v) is 7.13. The molecule has 0 radical (unpaired) electrons. The third-order valence-electron chi connectivity index (χ3n) is 4.39. The number of hydrogen-bond acceptors (Lipinski definition) is 5. The van der Waals surface area contributed by atoms with Crippen molar-refractivity contribution in [2.24, 2.45) is 0 Å². The number of aryl methyl sites for hydroxylation is 1. The monoisotopic (exact) mass is 377 g/mol. The van der Waals surface area contributed by atoms with E-state index in [9.17, 15) is 4.79 Å². The van der Waals surface area contributed by atoms with Crippen molar-refractivity contribution < 1.29 is 0 Å². The van der Waals surface area contributed by atoms with Gasteiger partial charge in [0.05, 0.1) is 16.7 Å². The number of nitrogens with one attached hydrogen (secondary N) is 1. The van der Waals surface area contributed by atoms with Crippen LogP contribution in [0, 0.1) is 6.92 Å². The number of hydrogen-bond donors (Lipinski definition) is 1. The summed E-state index contributed by atoms with van der Waals surface area (Å²) < 4.78 is 2.07. The first-order chi connectivity index (χ1) is 13.2. The fourth-order valence-electron chi connectivity index (χ4n) is 3.03. The Balaban J connectivity index is 1.63. The Morgan fingerprint density at radius 3 is 2.67 bits per heavy atom. The largest absolute Gasteiger partial charge is 0.309 e. The van der Waals surface area contributed by atoms with Gasteiger partial charge in [0.2, 0.25) is 0 Å². The maximum absolute atomic E-state index is 12.3. The van der Waals surface area contributed by atoms with Gasteiger partial charge in [-0.3, -0.25) is 4.79 Å². The van der Waals surface area contributed by atoms with Crippen molar-refractivity contribution in [3.8, 4) is 11.4 Å². The Hall–Kier alpha value is -2.93. The lowest BCUT2D eigenvalue weighted by molar-refractivity contribution is 0.687. The Morgan fingerprint density at radius 1 is 1.07 bits per heavy atom. The fraction of sp³-hybridized carbons (Fsp3) is 0.200. The molecule has 2 aromatic carbocycles. The molecule has 136 valence electrons. The number of aromatic nitrogens is 5. The Kier molecular flexibility index (Phi) is 4.77. The summed E-state index contributed by atoms with van der Waals surface area (Å²) >= 11 is 1.52. The van der Waals surface area contributed by atoms with E-state index >= 15 is 0 Å². The molecule has 2 aromatic heterocycles. The topological polar surface area (TPSA) is 76.5 Å². The molecule has 0 bridgehead atoms. The number of thioether (sulfide) groups is 1. The van der Waals surface area contributed by atoms with Crippen LogP contribution in [0.1, 0.15) is 18.3 Å². The number of fused-ring (bicyclic) bond motifs is 1. The number of aromatic amines is 1. The predicted octanol–water partition coefficient (Wildman–Crippen LogP) is 3.80. The highest BCUT2D eigenvalue weighted by atomic mass is 32.2. The molecule has 0 aliphatic heterocycles. The molecule has 0 unspecified atom stereocenters. The molecular formula is C20H19N5OS. The molecule has 0 aliphatic rings. The Morgan fingerprint density at radius 2 is 1.89 bits per heavy atom. The van der Waals surface area contributed by atoms with E-state index in [0.29, 0.717) is 17.0 Å². The van der Waals surface area contributed by atoms with Crippen LogP contribution in [0.4, 0.5) is 0 Å². The minimum atomic E-state index is -0.110. The van der Waals surface area contributed by atoms with Gasteiger partial charge >= 0.3 is 0 Å². The van der Waals surface area contributed by atoms with E-state index in [1.807, 2.05) is 49.4 Å². The second kappa shape index (κ2) is 7.36. The maximum atomic E-state index is 12.3. The van der Waals surface area contributed by atoms with Crippen molar-refractivity contribution in [1.82, 2.24) is 24.7 Å². The van der Waals surface area contributed by atoms with E-state index in [1.54, 1.807) is 6.07 Å². The molecule has 0 saturated carbocycles. The summed E-state index contributed by atoms with van der Waals surface area (Å²) in [4.78, 5) is 19.9. The van der Waals surface area contributed by atoms with Gasteiger partial charge in [-0.15, -0.1) is 10.2 Å². The van der Waals surface area contributed by atoms with Crippen molar-refractivity contribution in [3.05, 3.63) is 70.3 Å². The summed E-state index contributed by atoms with van der Waals surface area (Å²) in [5.41, 5.74) is 2.67. The predicted molar refractivity (Wildman–Crippen MR) is 108 cm³/mol. The lowest BCUT2D eigenvalue weighted by atomic mass is 10.1. The molecule has 0 saturated heterocycles. The highest BCUT2D eigenvalue weighted by molar-refractivity contribution is 7.98. The molecule has 0 amide bonds. The van der Waals surface area contributed by atoms with E-state index in [0.717, 1.165) is 34.2 Å². The lowest BCUT2D eigenvalue weighted by Gasteiger charge is -2.08. The maximum Gasteiger partial charge on any atom is 0.258 e. The standard InChI is InChI=1S/C20H19N5OS/c1-3-25-18(14-9-5-4-6-10-14)23-24-20(25)27-12-16-21-17-13(2)8-7-11-15(17)19(26)22-16/h4-11H,3,12H2,1-2H3,(H,21,22,26). The average molecular weight is 377 g/mol. The summed E-state index contributed by atoms with van der Waals surface area (Å²) in [6.07, 6.45) is 0. The first-order valence-corrected chi connectivity index (χ1v) is 9.76. The molecule has 4 aromatic rings. The Bertz CT molecular complexity index is 1150. The van der Waals surface area contributed by atoms with Crippen LogP contribution in [-0.2, 0) is 12.3 Å². The van der Waals surface area contributed by atoms with Crippen LogP contribution in [-0.4, -0.2) is 24.7 Å². The second-order valence-electron chi connectivity index (χ2n) is 6.19. The molecule has 1 N–H and O–H groups in total. The zero-order valence-electron chi connectivity index (χ0n) is 15.1. The minimum absolute atomic E-state index is 0.110. The summed E-state index contributed by atoms with van der Waals surface area (Å²) in [5.74, 6) is 2.00. The third kappa shape index (κ3) is 3.38. The highest BCUT2D eigenvalue weighted by Crippen LogP contribution is 2.25. The molecule has 7 heteroatoms. The summed E-state index contributed by atoms with van der Waals surface area (Å²) in [6.45, 7) is 4.80. The van der Waals surface area contributed by atoms with Crippen LogP contribution >= 0.6 is 11.8 Å². The van der Waals surface area contributed by atoms with E-state index in [-0.39, 0.29) is 5.56 Å². The van der Waals surface area contributed by atoms with Crippen LogP contribution in [0.15, 0.2) is 58.5 Å². The molecule has 0 fully saturated rings. The first kappa shape index (κ1) is 17.5. The van der Waals surface area contributed by atoms with Crippen LogP contribution in [0.25, 0.3) is 22.3 Å². The van der Waals surface area contributed by atoms with Crippen LogP contribution in [0.5, 0.6) is 0 Å². The molecule has 27 heavy (non-hydrogen) atoms. The number of para-hydroxylation sites is 1. The quantitative estimate of drug-likeness (QED) is 0.535. The van der Waals surface area contributed by atoms with Gasteiger partial charge in [-0.25, -0.2) is 4.98 Å². The van der Waals surface area contributed by atoms with E-state index < -0.39 is 0 Å². The van der Waals surface area contributed by atoms with Crippen LogP contribution < -0.4 is 5.56 Å². The van der Waals surface area contributed by atoms with E-state index in [2.05, 4.69) is 31.7 Å². The molecule has 6 nitrogen and oxygen atoms in total. The summed E-state index contributed by atoms with van der Waals surface area (Å²) in [7, 11) is 0. The number of H-pyrrole nitrogens is 1.